The Bertz CT molecular complexity index is 287. The van der Waals surface area contributed by atoms with Crippen LogP contribution in [0.1, 0.15) is 16.9 Å². The minimum absolute atomic E-state index is 0.418. The normalized spacial score (nSPS) is 28.2. The molecular formula is C10H14OS2. The van der Waals surface area contributed by atoms with Gasteiger partial charge < -0.3 is 5.11 Å². The first kappa shape index (κ1) is 9.56. The summed E-state index contributed by atoms with van der Waals surface area (Å²) < 4.78 is 0. The van der Waals surface area contributed by atoms with Gasteiger partial charge in [0.25, 0.3) is 0 Å². The molecule has 0 aliphatic carbocycles. The van der Waals surface area contributed by atoms with Gasteiger partial charge in [-0.2, -0.15) is 11.8 Å². The van der Waals surface area contributed by atoms with Gasteiger partial charge in [0.2, 0.25) is 0 Å². The number of thiophene rings is 1. The fourth-order valence-electron chi connectivity index (χ4n) is 1.71. The summed E-state index contributed by atoms with van der Waals surface area (Å²) in [5, 5.41) is 12.3. The summed E-state index contributed by atoms with van der Waals surface area (Å²) in [5.74, 6) is 2.02. The van der Waals surface area contributed by atoms with Crippen LogP contribution in [0.4, 0.5) is 0 Å². The van der Waals surface area contributed by atoms with E-state index in [0.29, 0.717) is 0 Å². The fraction of sp³-hybridized carbons (Fsp3) is 0.600. The van der Waals surface area contributed by atoms with Crippen LogP contribution < -0.4 is 0 Å². The minimum Gasteiger partial charge on any atom is -0.389 e. The van der Waals surface area contributed by atoms with E-state index in [-0.39, 0.29) is 0 Å². The third kappa shape index (κ3) is 2.27. The highest BCUT2D eigenvalue weighted by atomic mass is 32.2. The maximum atomic E-state index is 10.1. The van der Waals surface area contributed by atoms with Crippen LogP contribution in [0.3, 0.4) is 0 Å². The van der Waals surface area contributed by atoms with Gasteiger partial charge in [-0.05, 0) is 36.1 Å². The summed E-state index contributed by atoms with van der Waals surface area (Å²) in [6, 6.07) is 2.19. The number of hydrogen-bond donors (Lipinski definition) is 1. The van der Waals surface area contributed by atoms with Crippen LogP contribution in [0, 0.1) is 6.92 Å². The Balaban J connectivity index is 2.04. The molecule has 1 saturated heterocycles. The molecule has 3 heteroatoms. The molecule has 1 aromatic heterocycles. The van der Waals surface area contributed by atoms with Crippen molar-refractivity contribution in [3.8, 4) is 0 Å². The van der Waals surface area contributed by atoms with Crippen molar-refractivity contribution in [3.05, 3.63) is 21.9 Å². The molecule has 2 rings (SSSR count). The first-order valence-electron chi connectivity index (χ1n) is 4.52. The van der Waals surface area contributed by atoms with E-state index in [1.807, 2.05) is 11.8 Å². The average molecular weight is 214 g/mol. The van der Waals surface area contributed by atoms with Crippen molar-refractivity contribution in [3.63, 3.8) is 0 Å². The van der Waals surface area contributed by atoms with Crippen molar-refractivity contribution >= 4 is 23.1 Å². The molecule has 1 fully saturated rings. The molecule has 1 atom stereocenters. The van der Waals surface area contributed by atoms with E-state index >= 15 is 0 Å². The Morgan fingerprint density at radius 1 is 1.62 bits per heavy atom. The van der Waals surface area contributed by atoms with Crippen molar-refractivity contribution in [1.82, 2.24) is 0 Å². The molecule has 1 aliphatic rings. The van der Waals surface area contributed by atoms with Crippen molar-refractivity contribution in [1.29, 1.82) is 0 Å². The predicted octanol–water partition coefficient (Wildman–Crippen LogP) is 2.47. The number of aryl methyl sites for hydroxylation is 1. The van der Waals surface area contributed by atoms with E-state index in [1.54, 1.807) is 11.3 Å². The average Bonchev–Trinajstić information content (AvgIpc) is 2.62. The lowest BCUT2D eigenvalue weighted by Gasteiger charge is -2.20. The molecule has 2 heterocycles. The molecule has 72 valence electrons. The fourth-order valence-corrected chi connectivity index (χ4v) is 3.71. The monoisotopic (exact) mass is 214 g/mol. The third-order valence-electron chi connectivity index (χ3n) is 2.40. The topological polar surface area (TPSA) is 20.2 Å². The van der Waals surface area contributed by atoms with Gasteiger partial charge in [0.05, 0.1) is 5.60 Å². The Morgan fingerprint density at radius 3 is 3.00 bits per heavy atom. The molecule has 1 unspecified atom stereocenters. The number of aliphatic hydroxyl groups is 1. The van der Waals surface area contributed by atoms with Crippen LogP contribution in [0.25, 0.3) is 0 Å². The van der Waals surface area contributed by atoms with Crippen molar-refractivity contribution < 1.29 is 5.11 Å². The minimum atomic E-state index is -0.418. The Labute approximate surface area is 87.2 Å². The summed E-state index contributed by atoms with van der Waals surface area (Å²) >= 11 is 3.63. The summed E-state index contributed by atoms with van der Waals surface area (Å²) in [4.78, 5) is 1.34. The van der Waals surface area contributed by atoms with Crippen LogP contribution in [0.5, 0.6) is 0 Å². The molecule has 0 amide bonds. The van der Waals surface area contributed by atoms with Crippen LogP contribution in [-0.2, 0) is 6.42 Å². The van der Waals surface area contributed by atoms with Gasteiger partial charge in [0.15, 0.2) is 0 Å². The summed E-state index contributed by atoms with van der Waals surface area (Å²) in [7, 11) is 0. The second-order valence-corrected chi connectivity index (χ2v) is 5.99. The second kappa shape index (κ2) is 3.64. The lowest BCUT2D eigenvalue weighted by Crippen LogP contribution is -2.30. The van der Waals surface area contributed by atoms with Crippen LogP contribution in [0.15, 0.2) is 11.4 Å². The predicted molar refractivity (Wildman–Crippen MR) is 59.7 cm³/mol. The van der Waals surface area contributed by atoms with Gasteiger partial charge in [-0.25, -0.2) is 0 Å². The van der Waals surface area contributed by atoms with Gasteiger partial charge in [-0.1, -0.05) is 0 Å². The van der Waals surface area contributed by atoms with Crippen LogP contribution in [-0.4, -0.2) is 22.2 Å². The smallest absolute Gasteiger partial charge is 0.0786 e. The molecule has 0 aromatic carbocycles. The zero-order valence-electron chi connectivity index (χ0n) is 7.75. The summed E-state index contributed by atoms with van der Waals surface area (Å²) in [5.41, 5.74) is 0.880. The molecule has 0 radical (unpaired) electrons. The Morgan fingerprint density at radius 2 is 2.46 bits per heavy atom. The number of thioether (sulfide) groups is 1. The molecule has 1 aromatic rings. The van der Waals surface area contributed by atoms with Gasteiger partial charge in [0.1, 0.15) is 0 Å². The summed E-state index contributed by atoms with van der Waals surface area (Å²) in [6.45, 7) is 2.11. The van der Waals surface area contributed by atoms with Crippen molar-refractivity contribution in [2.24, 2.45) is 0 Å². The molecule has 1 nitrogen and oxygen atoms in total. The lowest BCUT2D eigenvalue weighted by atomic mass is 9.95. The first-order chi connectivity index (χ1) is 6.18. The van der Waals surface area contributed by atoms with E-state index in [0.717, 1.165) is 24.3 Å². The quantitative estimate of drug-likeness (QED) is 0.816. The third-order valence-corrected chi connectivity index (χ3v) is 4.55. The van der Waals surface area contributed by atoms with Gasteiger partial charge in [-0.3, -0.25) is 0 Å². The molecule has 1 N–H and O–H groups in total. The van der Waals surface area contributed by atoms with Gasteiger partial charge >= 0.3 is 0 Å². The van der Waals surface area contributed by atoms with E-state index in [4.69, 9.17) is 0 Å². The highest BCUT2D eigenvalue weighted by Crippen LogP contribution is 2.31. The van der Waals surface area contributed by atoms with Crippen molar-refractivity contribution in [2.45, 2.75) is 25.4 Å². The standard InChI is InChI=1S/C10H14OS2/c1-8-4-9(6-13-8)5-10(11)2-3-12-7-10/h4,6,11H,2-3,5,7H2,1H3. The zero-order valence-corrected chi connectivity index (χ0v) is 9.38. The molecule has 0 saturated carbocycles. The highest BCUT2D eigenvalue weighted by Gasteiger charge is 2.31. The Hall–Kier alpha value is 0.01000. The van der Waals surface area contributed by atoms with E-state index in [1.165, 1.54) is 10.4 Å². The van der Waals surface area contributed by atoms with Crippen LogP contribution >= 0.6 is 23.1 Å². The molecule has 0 bridgehead atoms. The highest BCUT2D eigenvalue weighted by molar-refractivity contribution is 7.99. The zero-order chi connectivity index (χ0) is 9.31. The number of hydrogen-bond acceptors (Lipinski definition) is 3. The molecular weight excluding hydrogens is 200 g/mol. The van der Waals surface area contributed by atoms with Crippen LogP contribution in [0.2, 0.25) is 0 Å². The largest absolute Gasteiger partial charge is 0.389 e. The number of rotatable bonds is 2. The molecule has 1 aliphatic heterocycles. The molecule has 13 heavy (non-hydrogen) atoms. The maximum Gasteiger partial charge on any atom is 0.0786 e. The van der Waals surface area contributed by atoms with Gasteiger partial charge in [0, 0.05) is 17.1 Å². The SMILES string of the molecule is Cc1cc(CC2(O)CCSC2)cs1. The first-order valence-corrected chi connectivity index (χ1v) is 6.56. The van der Waals surface area contributed by atoms with E-state index in [2.05, 4.69) is 18.4 Å². The molecule has 0 spiro atoms. The lowest BCUT2D eigenvalue weighted by molar-refractivity contribution is 0.0687. The second-order valence-electron chi connectivity index (χ2n) is 3.77. The van der Waals surface area contributed by atoms with E-state index in [9.17, 15) is 5.11 Å². The maximum absolute atomic E-state index is 10.1. The summed E-state index contributed by atoms with van der Waals surface area (Å²) in [6.07, 6.45) is 1.79. The van der Waals surface area contributed by atoms with Gasteiger partial charge in [-0.15, -0.1) is 11.3 Å². The Kier molecular flexibility index (Phi) is 2.67. The van der Waals surface area contributed by atoms with Crippen molar-refractivity contribution in [2.75, 3.05) is 11.5 Å². The van der Waals surface area contributed by atoms with E-state index < -0.39 is 5.60 Å².